The van der Waals surface area contributed by atoms with Gasteiger partial charge in [0.15, 0.2) is 0 Å². The van der Waals surface area contributed by atoms with E-state index in [9.17, 15) is 0 Å². The zero-order chi connectivity index (χ0) is 11.6. The first-order valence-electron chi connectivity index (χ1n) is 5.61. The van der Waals surface area contributed by atoms with E-state index in [4.69, 9.17) is 0 Å². The van der Waals surface area contributed by atoms with Crippen molar-refractivity contribution < 1.29 is 0 Å². The Balaban J connectivity index is 2.94. The molecule has 0 saturated heterocycles. The maximum absolute atomic E-state index is 4.24. The summed E-state index contributed by atoms with van der Waals surface area (Å²) in [5.41, 5.74) is 1.15. The van der Waals surface area contributed by atoms with Crippen molar-refractivity contribution in [1.29, 1.82) is 0 Å². The van der Waals surface area contributed by atoms with Crippen LogP contribution in [-0.2, 0) is 5.41 Å². The van der Waals surface area contributed by atoms with Gasteiger partial charge < -0.3 is 4.59 Å². The Labute approximate surface area is 93.5 Å². The van der Waals surface area contributed by atoms with Crippen LogP contribution in [0.15, 0.2) is 6.20 Å². The number of rotatable bonds is 4. The number of nitrogens with zero attached hydrogens (tertiary/aromatic N) is 3. The number of hydrogen-bond acceptors (Lipinski definition) is 2. The second-order valence-corrected chi connectivity index (χ2v) is 5.10. The van der Waals surface area contributed by atoms with Crippen LogP contribution in [-0.4, -0.2) is 22.3 Å². The Morgan fingerprint density at radius 2 is 1.93 bits per heavy atom. The maximum atomic E-state index is 4.24. The van der Waals surface area contributed by atoms with Gasteiger partial charge in [0, 0.05) is 11.6 Å². The van der Waals surface area contributed by atoms with Crippen molar-refractivity contribution in [2.45, 2.75) is 46.9 Å². The monoisotopic (exact) mass is 206 g/mol. The van der Waals surface area contributed by atoms with Crippen molar-refractivity contribution in [1.82, 2.24) is 14.9 Å². The molecule has 0 aliphatic heterocycles. The average Bonchev–Trinajstić information content (AvgIpc) is 2.65. The Morgan fingerprint density at radius 1 is 1.33 bits per heavy atom. The first-order valence-corrected chi connectivity index (χ1v) is 5.61. The first-order chi connectivity index (χ1) is 6.89. The average molecular weight is 206 g/mol. The number of aromatic nitrogens is 3. The highest BCUT2D eigenvalue weighted by Crippen LogP contribution is 2.34. The molecule has 0 aromatic carbocycles. The quantitative estimate of drug-likeness (QED) is 0.708. The standard InChI is InChI=1S/C11H21BN3/c1-8(2)9(3)11(4,5)10-7-15(12-6)14-13-10/h7-9H,1-6H3. The summed E-state index contributed by atoms with van der Waals surface area (Å²) < 4.78 is 1.77. The van der Waals surface area contributed by atoms with Crippen LogP contribution >= 0.6 is 0 Å². The minimum Gasteiger partial charge on any atom is -0.304 e. The molecule has 4 heteroatoms. The smallest absolute Gasteiger partial charge is 0.278 e. The number of hydrogen-bond donors (Lipinski definition) is 0. The maximum Gasteiger partial charge on any atom is 0.278 e. The third-order valence-electron chi connectivity index (χ3n) is 3.57. The van der Waals surface area contributed by atoms with E-state index in [2.05, 4.69) is 44.9 Å². The van der Waals surface area contributed by atoms with Crippen LogP contribution in [0.1, 0.15) is 40.3 Å². The van der Waals surface area contributed by atoms with Gasteiger partial charge in [0.2, 0.25) is 0 Å². The van der Waals surface area contributed by atoms with Gasteiger partial charge in [-0.15, -0.1) is 5.10 Å². The Hall–Kier alpha value is -0.795. The summed E-state index contributed by atoms with van der Waals surface area (Å²) in [6, 6.07) is 0. The van der Waals surface area contributed by atoms with Crippen molar-refractivity contribution in [2.75, 3.05) is 0 Å². The summed E-state index contributed by atoms with van der Waals surface area (Å²) in [6.07, 6.45) is 2.01. The van der Waals surface area contributed by atoms with Crippen molar-refractivity contribution >= 4 is 7.41 Å². The summed E-state index contributed by atoms with van der Waals surface area (Å²) in [5, 5.41) is 8.30. The van der Waals surface area contributed by atoms with Crippen LogP contribution in [0.5, 0.6) is 0 Å². The fraction of sp³-hybridized carbons (Fsp3) is 0.818. The molecule has 1 radical (unpaired) electrons. The lowest BCUT2D eigenvalue weighted by Crippen LogP contribution is -2.30. The van der Waals surface area contributed by atoms with Gasteiger partial charge in [-0.25, -0.2) is 0 Å². The Kier molecular flexibility index (Phi) is 3.58. The van der Waals surface area contributed by atoms with Crippen molar-refractivity contribution in [3.8, 4) is 0 Å². The molecular formula is C11H21BN3. The minimum absolute atomic E-state index is 0.0788. The van der Waals surface area contributed by atoms with Crippen LogP contribution in [0.2, 0.25) is 6.82 Å². The van der Waals surface area contributed by atoms with E-state index in [0.717, 1.165) is 5.69 Å². The lowest BCUT2D eigenvalue weighted by atomic mass is 9.72. The molecule has 0 fully saturated rings. The van der Waals surface area contributed by atoms with Gasteiger partial charge >= 0.3 is 0 Å². The molecule has 1 rings (SSSR count). The van der Waals surface area contributed by atoms with Crippen LogP contribution in [0.25, 0.3) is 0 Å². The van der Waals surface area contributed by atoms with Gasteiger partial charge in [0.25, 0.3) is 7.41 Å². The van der Waals surface area contributed by atoms with E-state index in [-0.39, 0.29) is 5.41 Å². The molecule has 1 heterocycles. The summed E-state index contributed by atoms with van der Waals surface area (Å²) in [6.45, 7) is 13.2. The normalized spacial score (nSPS) is 14.3. The van der Waals surface area contributed by atoms with Crippen molar-refractivity contribution in [3.63, 3.8) is 0 Å². The molecule has 1 aromatic rings. The molecule has 0 N–H and O–H groups in total. The summed E-state index contributed by atoms with van der Waals surface area (Å²) >= 11 is 0. The second-order valence-electron chi connectivity index (χ2n) is 5.10. The molecule has 3 nitrogen and oxygen atoms in total. The van der Waals surface area contributed by atoms with E-state index in [0.29, 0.717) is 11.8 Å². The van der Waals surface area contributed by atoms with Gasteiger partial charge in [0.1, 0.15) is 0 Å². The lowest BCUT2D eigenvalue weighted by Gasteiger charge is -2.32. The van der Waals surface area contributed by atoms with E-state index in [1.807, 2.05) is 20.4 Å². The van der Waals surface area contributed by atoms with Crippen LogP contribution < -0.4 is 0 Å². The highest BCUT2D eigenvalue weighted by molar-refractivity contribution is 6.30. The van der Waals surface area contributed by atoms with E-state index in [1.54, 1.807) is 4.59 Å². The molecular weight excluding hydrogens is 185 g/mol. The summed E-state index contributed by atoms with van der Waals surface area (Å²) in [7, 11) is 1.91. The van der Waals surface area contributed by atoms with Gasteiger partial charge in [-0.3, -0.25) is 0 Å². The molecule has 15 heavy (non-hydrogen) atoms. The van der Waals surface area contributed by atoms with E-state index >= 15 is 0 Å². The topological polar surface area (TPSA) is 30.7 Å². The highest BCUT2D eigenvalue weighted by atomic mass is 15.4. The van der Waals surface area contributed by atoms with Crippen molar-refractivity contribution in [2.24, 2.45) is 11.8 Å². The molecule has 0 spiro atoms. The zero-order valence-electron chi connectivity index (χ0n) is 10.7. The highest BCUT2D eigenvalue weighted by Gasteiger charge is 2.32. The second kappa shape index (κ2) is 4.37. The van der Waals surface area contributed by atoms with E-state index < -0.39 is 0 Å². The molecule has 1 unspecified atom stereocenters. The van der Waals surface area contributed by atoms with Crippen LogP contribution in [0.3, 0.4) is 0 Å². The molecule has 0 saturated carbocycles. The zero-order valence-corrected chi connectivity index (χ0v) is 10.7. The van der Waals surface area contributed by atoms with Gasteiger partial charge in [-0.1, -0.05) is 46.7 Å². The molecule has 83 valence electrons. The largest absolute Gasteiger partial charge is 0.304 e. The van der Waals surface area contributed by atoms with Gasteiger partial charge in [-0.05, 0) is 11.8 Å². The minimum atomic E-state index is 0.0788. The Morgan fingerprint density at radius 3 is 2.33 bits per heavy atom. The predicted octanol–water partition coefficient (Wildman–Crippen LogP) is 2.36. The van der Waals surface area contributed by atoms with Gasteiger partial charge in [0.05, 0.1) is 5.69 Å². The fourth-order valence-corrected chi connectivity index (χ4v) is 1.76. The SMILES string of the molecule is C[B]n1cc(C(C)(C)C(C)C(C)C)nn1. The third kappa shape index (κ3) is 2.41. The van der Waals surface area contributed by atoms with Crippen molar-refractivity contribution in [3.05, 3.63) is 11.9 Å². The summed E-state index contributed by atoms with van der Waals surface area (Å²) in [4.78, 5) is 0. The Bertz CT molecular complexity index is 317. The van der Waals surface area contributed by atoms with Crippen LogP contribution in [0.4, 0.5) is 0 Å². The molecule has 0 aliphatic carbocycles. The molecule has 0 amide bonds. The third-order valence-corrected chi connectivity index (χ3v) is 3.57. The van der Waals surface area contributed by atoms with Gasteiger partial charge in [-0.2, -0.15) is 0 Å². The van der Waals surface area contributed by atoms with E-state index in [1.165, 1.54) is 0 Å². The fourth-order valence-electron chi connectivity index (χ4n) is 1.76. The summed E-state index contributed by atoms with van der Waals surface area (Å²) in [5.74, 6) is 1.23. The van der Waals surface area contributed by atoms with Crippen LogP contribution in [0, 0.1) is 11.8 Å². The molecule has 1 aromatic heterocycles. The first kappa shape index (κ1) is 12.3. The molecule has 0 aliphatic rings. The molecule has 0 bridgehead atoms. The predicted molar refractivity (Wildman–Crippen MR) is 64.1 cm³/mol. The molecule has 1 atom stereocenters. The lowest BCUT2D eigenvalue weighted by molar-refractivity contribution is 0.258.